The second-order valence-electron chi connectivity index (χ2n) is 7.06. The summed E-state index contributed by atoms with van der Waals surface area (Å²) in [4.78, 5) is 18.1. The zero-order chi connectivity index (χ0) is 20.4. The molecule has 0 aliphatic carbocycles. The molecule has 5 nitrogen and oxygen atoms in total. The molecule has 0 bridgehead atoms. The van der Waals surface area contributed by atoms with Gasteiger partial charge in [0.25, 0.3) is 0 Å². The van der Waals surface area contributed by atoms with Crippen LogP contribution >= 0.6 is 11.3 Å². The molecule has 1 amide bonds. The zero-order valence-corrected chi connectivity index (χ0v) is 17.5. The van der Waals surface area contributed by atoms with Gasteiger partial charge in [-0.15, -0.1) is 11.3 Å². The van der Waals surface area contributed by atoms with Gasteiger partial charge in [-0.2, -0.15) is 0 Å². The maximum absolute atomic E-state index is 12.6. The number of aryl methyl sites for hydroxylation is 2. The van der Waals surface area contributed by atoms with Crippen molar-refractivity contribution in [1.82, 2.24) is 9.38 Å². The van der Waals surface area contributed by atoms with Crippen LogP contribution in [-0.4, -0.2) is 21.9 Å². The number of fused-ring (bicyclic) bond motifs is 1. The molecule has 4 aromatic rings. The van der Waals surface area contributed by atoms with Crippen LogP contribution < -0.4 is 10.1 Å². The molecule has 2 aromatic carbocycles. The number of thiazole rings is 1. The van der Waals surface area contributed by atoms with Gasteiger partial charge in [-0.05, 0) is 68.3 Å². The Labute approximate surface area is 174 Å². The van der Waals surface area contributed by atoms with Gasteiger partial charge in [0.1, 0.15) is 5.75 Å². The average molecular weight is 406 g/mol. The first-order valence-corrected chi connectivity index (χ1v) is 10.5. The summed E-state index contributed by atoms with van der Waals surface area (Å²) in [6.07, 6.45) is 2.28. The fraction of sp³-hybridized carbons (Fsp3) is 0.217. The second-order valence-corrected chi connectivity index (χ2v) is 7.90. The summed E-state index contributed by atoms with van der Waals surface area (Å²) in [6, 6.07) is 14.0. The molecule has 0 unspecified atom stereocenters. The molecule has 0 radical (unpaired) electrons. The van der Waals surface area contributed by atoms with Crippen molar-refractivity contribution < 1.29 is 9.53 Å². The molecule has 0 atom stereocenters. The van der Waals surface area contributed by atoms with Gasteiger partial charge in [-0.1, -0.05) is 6.07 Å². The Kier molecular flexibility index (Phi) is 5.36. The summed E-state index contributed by atoms with van der Waals surface area (Å²) in [7, 11) is 0. The van der Waals surface area contributed by atoms with Crippen LogP contribution in [0.4, 0.5) is 5.69 Å². The largest absolute Gasteiger partial charge is 0.494 e. The van der Waals surface area contributed by atoms with Gasteiger partial charge in [-0.3, -0.25) is 9.20 Å². The van der Waals surface area contributed by atoms with E-state index < -0.39 is 0 Å². The first-order chi connectivity index (χ1) is 14.0. The monoisotopic (exact) mass is 405 g/mol. The molecule has 4 rings (SSSR count). The number of hydrogen-bond donors (Lipinski definition) is 1. The smallest absolute Gasteiger partial charge is 0.230 e. The topological polar surface area (TPSA) is 55.6 Å². The normalized spacial score (nSPS) is 11.0. The first kappa shape index (κ1) is 19.2. The van der Waals surface area contributed by atoms with Crippen LogP contribution in [-0.2, 0) is 11.2 Å². The highest BCUT2D eigenvalue weighted by Gasteiger charge is 2.13. The Morgan fingerprint density at radius 2 is 1.86 bits per heavy atom. The average Bonchev–Trinajstić information content (AvgIpc) is 3.24. The van der Waals surface area contributed by atoms with E-state index in [4.69, 9.17) is 9.72 Å². The van der Waals surface area contributed by atoms with E-state index in [2.05, 4.69) is 11.4 Å². The fourth-order valence-electron chi connectivity index (χ4n) is 3.40. The summed E-state index contributed by atoms with van der Waals surface area (Å²) in [5.41, 5.74) is 5.93. The highest BCUT2D eigenvalue weighted by Crippen LogP contribution is 2.26. The minimum atomic E-state index is -0.0361. The molecule has 148 valence electrons. The summed E-state index contributed by atoms with van der Waals surface area (Å²) >= 11 is 1.54. The summed E-state index contributed by atoms with van der Waals surface area (Å²) in [6.45, 7) is 6.67. The first-order valence-electron chi connectivity index (χ1n) is 9.58. The number of carbonyl (C=O) groups excluding carboxylic acids is 1. The summed E-state index contributed by atoms with van der Waals surface area (Å²) in [5.74, 6) is 0.812. The number of aromatic nitrogens is 2. The van der Waals surface area contributed by atoms with E-state index in [0.717, 1.165) is 44.5 Å². The van der Waals surface area contributed by atoms with E-state index in [1.54, 1.807) is 11.3 Å². The number of amides is 1. The number of anilines is 1. The van der Waals surface area contributed by atoms with Gasteiger partial charge in [0.15, 0.2) is 4.96 Å². The fourth-order valence-corrected chi connectivity index (χ4v) is 4.27. The molecule has 0 aliphatic rings. The molecule has 0 saturated heterocycles. The quantitative estimate of drug-likeness (QED) is 0.476. The highest BCUT2D eigenvalue weighted by molar-refractivity contribution is 7.15. The number of ether oxygens (including phenoxy) is 1. The van der Waals surface area contributed by atoms with Crippen LogP contribution in [0.1, 0.15) is 23.7 Å². The van der Waals surface area contributed by atoms with Gasteiger partial charge in [0.05, 0.1) is 18.7 Å². The lowest BCUT2D eigenvalue weighted by Gasteiger charge is -2.07. The number of nitrogens with one attached hydrogen (secondary N) is 1. The zero-order valence-electron chi connectivity index (χ0n) is 16.7. The van der Waals surface area contributed by atoms with Crippen molar-refractivity contribution in [3.05, 3.63) is 70.9 Å². The Morgan fingerprint density at radius 3 is 2.55 bits per heavy atom. The second kappa shape index (κ2) is 8.09. The SMILES string of the molecule is CCOc1ccc(-c2cn3c(CC(=O)Nc4cc(C)cc(C)c4)csc3n2)cc1. The van der Waals surface area contributed by atoms with Crippen molar-refractivity contribution in [2.45, 2.75) is 27.2 Å². The van der Waals surface area contributed by atoms with E-state index in [9.17, 15) is 4.79 Å². The van der Waals surface area contributed by atoms with Crippen LogP contribution in [0.3, 0.4) is 0 Å². The third kappa shape index (κ3) is 4.32. The molecule has 1 N–H and O–H groups in total. The third-order valence-electron chi connectivity index (χ3n) is 4.59. The minimum absolute atomic E-state index is 0.0361. The Morgan fingerprint density at radius 1 is 1.14 bits per heavy atom. The Hall–Kier alpha value is -3.12. The molecular formula is C23H23N3O2S. The molecule has 0 spiro atoms. The number of imidazole rings is 1. The lowest BCUT2D eigenvalue weighted by molar-refractivity contribution is -0.115. The molecule has 29 heavy (non-hydrogen) atoms. The van der Waals surface area contributed by atoms with Crippen molar-refractivity contribution in [3.63, 3.8) is 0 Å². The van der Waals surface area contributed by atoms with E-state index in [-0.39, 0.29) is 5.91 Å². The maximum Gasteiger partial charge on any atom is 0.230 e. The van der Waals surface area contributed by atoms with Crippen LogP contribution in [0.25, 0.3) is 16.2 Å². The number of hydrogen-bond acceptors (Lipinski definition) is 4. The highest BCUT2D eigenvalue weighted by atomic mass is 32.1. The third-order valence-corrected chi connectivity index (χ3v) is 5.48. The van der Waals surface area contributed by atoms with Crippen molar-refractivity contribution in [1.29, 1.82) is 0 Å². The van der Waals surface area contributed by atoms with E-state index >= 15 is 0 Å². The van der Waals surface area contributed by atoms with Gasteiger partial charge >= 0.3 is 0 Å². The maximum atomic E-state index is 12.6. The van der Waals surface area contributed by atoms with Crippen molar-refractivity contribution >= 4 is 27.9 Å². The van der Waals surface area contributed by atoms with Crippen molar-refractivity contribution in [2.24, 2.45) is 0 Å². The standard InChI is InChI=1S/C23H23N3O2S/c1-4-28-20-7-5-17(6-8-20)21-13-26-19(14-29-23(26)25-21)12-22(27)24-18-10-15(2)9-16(3)11-18/h5-11,13-14H,4,12H2,1-3H3,(H,24,27). The van der Waals surface area contributed by atoms with Gasteiger partial charge in [-0.25, -0.2) is 4.98 Å². The van der Waals surface area contributed by atoms with E-state index in [1.165, 1.54) is 0 Å². The molecule has 0 aliphatic heterocycles. The van der Waals surface area contributed by atoms with Crippen LogP contribution in [0, 0.1) is 13.8 Å². The van der Waals surface area contributed by atoms with E-state index in [1.807, 2.05) is 73.1 Å². The molecule has 2 aromatic heterocycles. The molecule has 0 saturated carbocycles. The number of nitrogens with zero attached hydrogens (tertiary/aromatic N) is 2. The number of carbonyl (C=O) groups is 1. The molecular weight excluding hydrogens is 382 g/mol. The lowest BCUT2D eigenvalue weighted by Crippen LogP contribution is -2.15. The predicted molar refractivity (Wildman–Crippen MR) is 118 cm³/mol. The predicted octanol–water partition coefficient (Wildman–Crippen LogP) is 5.26. The minimum Gasteiger partial charge on any atom is -0.494 e. The van der Waals surface area contributed by atoms with Gasteiger partial charge in [0, 0.05) is 28.5 Å². The van der Waals surface area contributed by atoms with Crippen molar-refractivity contribution in [2.75, 3.05) is 11.9 Å². The number of rotatable bonds is 6. The molecule has 0 fully saturated rings. The Bertz CT molecular complexity index is 1140. The van der Waals surface area contributed by atoms with Crippen LogP contribution in [0.5, 0.6) is 5.75 Å². The van der Waals surface area contributed by atoms with E-state index in [0.29, 0.717) is 13.0 Å². The van der Waals surface area contributed by atoms with Gasteiger partial charge < -0.3 is 10.1 Å². The van der Waals surface area contributed by atoms with Crippen LogP contribution in [0.15, 0.2) is 54.0 Å². The molecule has 2 heterocycles. The number of benzene rings is 2. The van der Waals surface area contributed by atoms with Gasteiger partial charge in [0.2, 0.25) is 5.91 Å². The lowest BCUT2D eigenvalue weighted by atomic mass is 10.1. The summed E-state index contributed by atoms with van der Waals surface area (Å²) in [5, 5.41) is 4.99. The van der Waals surface area contributed by atoms with Crippen molar-refractivity contribution in [3.8, 4) is 17.0 Å². The Balaban J connectivity index is 1.52. The van der Waals surface area contributed by atoms with Crippen LogP contribution in [0.2, 0.25) is 0 Å². The molecule has 6 heteroatoms. The summed E-state index contributed by atoms with van der Waals surface area (Å²) < 4.78 is 7.50.